The van der Waals surface area contributed by atoms with E-state index in [1.54, 1.807) is 31.3 Å². The maximum absolute atomic E-state index is 12.4. The fourth-order valence-electron chi connectivity index (χ4n) is 2.10. The number of nitrogens with two attached hydrogens (primary N) is 1. The van der Waals surface area contributed by atoms with Crippen molar-refractivity contribution in [3.63, 3.8) is 0 Å². The molecule has 6 nitrogen and oxygen atoms in total. The normalized spacial score (nSPS) is 12.6. The number of hydrogen-bond donors (Lipinski definition) is 2. The summed E-state index contributed by atoms with van der Waals surface area (Å²) in [5, 5.41) is 3.00. The lowest BCUT2D eigenvalue weighted by Gasteiger charge is -2.21. The third kappa shape index (κ3) is 5.04. The third-order valence-corrected chi connectivity index (χ3v) is 5.85. The molecule has 0 aliphatic heterocycles. The summed E-state index contributed by atoms with van der Waals surface area (Å²) in [4.78, 5) is 4.54. The Balaban J connectivity index is 2.04. The molecule has 7 heteroatoms. The number of nitrogens with one attached hydrogen (secondary N) is 1. The third-order valence-electron chi connectivity index (χ3n) is 3.81. The highest BCUT2D eigenvalue weighted by Gasteiger charge is 2.22. The molecule has 0 unspecified atom stereocenters. The van der Waals surface area contributed by atoms with Crippen molar-refractivity contribution in [3.05, 3.63) is 60.2 Å². The summed E-state index contributed by atoms with van der Waals surface area (Å²) < 4.78 is 26.2. The molecule has 0 saturated carbocycles. The molecular formula is C18H24N4O2S. The fraction of sp³-hybridized carbons (Fsp3) is 0.278. The average molecular weight is 360 g/mol. The number of aliphatic imine (C=N–C) groups is 1. The number of benzene rings is 2. The first-order valence-electron chi connectivity index (χ1n) is 7.99. The predicted molar refractivity (Wildman–Crippen MR) is 102 cm³/mol. The average Bonchev–Trinajstić information content (AvgIpc) is 2.60. The quantitative estimate of drug-likeness (QED) is 0.612. The van der Waals surface area contributed by atoms with E-state index in [4.69, 9.17) is 5.73 Å². The second kappa shape index (κ2) is 8.13. The largest absolute Gasteiger partial charge is 0.370 e. The molecule has 2 aromatic rings. The van der Waals surface area contributed by atoms with E-state index in [1.807, 2.05) is 44.2 Å². The molecule has 0 aromatic heterocycles. The maximum Gasteiger partial charge on any atom is 0.243 e. The van der Waals surface area contributed by atoms with E-state index < -0.39 is 10.0 Å². The van der Waals surface area contributed by atoms with E-state index in [9.17, 15) is 8.42 Å². The number of hydrogen-bond acceptors (Lipinski definition) is 3. The van der Waals surface area contributed by atoms with Crippen molar-refractivity contribution in [2.75, 3.05) is 12.4 Å². The van der Waals surface area contributed by atoms with Gasteiger partial charge in [0.05, 0.1) is 11.4 Å². The first kappa shape index (κ1) is 19.0. The zero-order valence-corrected chi connectivity index (χ0v) is 15.5. The second-order valence-corrected chi connectivity index (χ2v) is 7.95. The Morgan fingerprint density at radius 3 is 2.28 bits per heavy atom. The van der Waals surface area contributed by atoms with Crippen LogP contribution in [-0.4, -0.2) is 31.8 Å². The molecule has 0 aliphatic carbocycles. The van der Waals surface area contributed by atoms with Gasteiger partial charge in [0.25, 0.3) is 0 Å². The minimum absolute atomic E-state index is 0.0989. The van der Waals surface area contributed by atoms with Crippen LogP contribution in [0.4, 0.5) is 5.69 Å². The second-order valence-electron chi connectivity index (χ2n) is 5.95. The smallest absolute Gasteiger partial charge is 0.243 e. The molecule has 0 heterocycles. The molecule has 0 aliphatic rings. The van der Waals surface area contributed by atoms with Crippen LogP contribution in [0.2, 0.25) is 0 Å². The van der Waals surface area contributed by atoms with Crippen molar-refractivity contribution in [1.82, 2.24) is 4.31 Å². The molecule has 3 N–H and O–H groups in total. The summed E-state index contributed by atoms with van der Waals surface area (Å²) in [6.45, 7) is 4.04. The highest BCUT2D eigenvalue weighted by Crippen LogP contribution is 2.17. The van der Waals surface area contributed by atoms with Crippen molar-refractivity contribution >= 4 is 21.7 Å². The van der Waals surface area contributed by atoms with Crippen LogP contribution in [0.1, 0.15) is 19.4 Å². The number of rotatable bonds is 6. The minimum atomic E-state index is -3.47. The van der Waals surface area contributed by atoms with Crippen LogP contribution in [0.15, 0.2) is 64.5 Å². The molecule has 2 rings (SSSR count). The number of para-hydroxylation sites is 1. The van der Waals surface area contributed by atoms with Crippen LogP contribution in [-0.2, 0) is 16.6 Å². The SMILES string of the molecule is CC(C)N(C)S(=O)(=O)c1ccc(CN=C(N)Nc2ccccc2)cc1. The van der Waals surface area contributed by atoms with Gasteiger partial charge in [0.1, 0.15) is 0 Å². The van der Waals surface area contributed by atoms with E-state index in [2.05, 4.69) is 10.3 Å². The van der Waals surface area contributed by atoms with Gasteiger partial charge in [0.2, 0.25) is 10.0 Å². The lowest BCUT2D eigenvalue weighted by atomic mass is 10.2. The first-order chi connectivity index (χ1) is 11.8. The Hall–Kier alpha value is -2.38. The summed E-state index contributed by atoms with van der Waals surface area (Å²) in [6.07, 6.45) is 0. The summed E-state index contributed by atoms with van der Waals surface area (Å²) in [5.41, 5.74) is 7.60. The van der Waals surface area contributed by atoms with Crippen LogP contribution < -0.4 is 11.1 Å². The molecule has 0 fully saturated rings. The van der Waals surface area contributed by atoms with Gasteiger partial charge >= 0.3 is 0 Å². The predicted octanol–water partition coefficient (Wildman–Crippen LogP) is 2.64. The molecule has 2 aromatic carbocycles. The Bertz CT molecular complexity index is 816. The van der Waals surface area contributed by atoms with Crippen LogP contribution in [0, 0.1) is 0 Å². The van der Waals surface area contributed by atoms with Crippen LogP contribution in [0.5, 0.6) is 0 Å². The van der Waals surface area contributed by atoms with Crippen molar-refractivity contribution in [1.29, 1.82) is 0 Å². The van der Waals surface area contributed by atoms with Gasteiger partial charge in [0.15, 0.2) is 5.96 Å². The van der Waals surface area contributed by atoms with Gasteiger partial charge in [-0.05, 0) is 43.7 Å². The Morgan fingerprint density at radius 2 is 1.72 bits per heavy atom. The summed E-state index contributed by atoms with van der Waals surface area (Å²) >= 11 is 0. The summed E-state index contributed by atoms with van der Waals surface area (Å²) in [7, 11) is -1.89. The topological polar surface area (TPSA) is 87.8 Å². The van der Waals surface area contributed by atoms with Crippen molar-refractivity contribution in [3.8, 4) is 0 Å². The minimum Gasteiger partial charge on any atom is -0.370 e. The van der Waals surface area contributed by atoms with E-state index in [1.165, 1.54) is 4.31 Å². The zero-order chi connectivity index (χ0) is 18.4. The molecule has 25 heavy (non-hydrogen) atoms. The monoisotopic (exact) mass is 360 g/mol. The molecule has 0 atom stereocenters. The Morgan fingerprint density at radius 1 is 1.12 bits per heavy atom. The Labute approximate surface area is 149 Å². The summed E-state index contributed by atoms with van der Waals surface area (Å²) in [5.74, 6) is 0.308. The van der Waals surface area contributed by atoms with Gasteiger partial charge in [-0.1, -0.05) is 30.3 Å². The van der Waals surface area contributed by atoms with Crippen LogP contribution in [0.25, 0.3) is 0 Å². The lowest BCUT2D eigenvalue weighted by molar-refractivity contribution is 0.410. The van der Waals surface area contributed by atoms with Crippen molar-refractivity contribution in [2.45, 2.75) is 31.3 Å². The van der Waals surface area contributed by atoms with Gasteiger partial charge in [-0.2, -0.15) is 4.31 Å². The van der Waals surface area contributed by atoms with E-state index >= 15 is 0 Å². The molecule has 0 spiro atoms. The van der Waals surface area contributed by atoms with Crippen molar-refractivity contribution in [2.24, 2.45) is 10.7 Å². The fourth-order valence-corrected chi connectivity index (χ4v) is 3.46. The molecule has 0 saturated heterocycles. The number of sulfonamides is 1. The van der Waals surface area contributed by atoms with Gasteiger partial charge in [-0.25, -0.2) is 13.4 Å². The molecule has 134 valence electrons. The van der Waals surface area contributed by atoms with Gasteiger partial charge in [-0.3, -0.25) is 0 Å². The zero-order valence-electron chi connectivity index (χ0n) is 14.7. The van der Waals surface area contributed by atoms with Gasteiger partial charge in [-0.15, -0.1) is 0 Å². The van der Waals surface area contributed by atoms with Gasteiger partial charge in [0, 0.05) is 18.8 Å². The van der Waals surface area contributed by atoms with Gasteiger partial charge < -0.3 is 11.1 Å². The molecule has 0 amide bonds. The number of anilines is 1. The van der Waals surface area contributed by atoms with Crippen LogP contribution >= 0.6 is 0 Å². The van der Waals surface area contributed by atoms with E-state index in [-0.39, 0.29) is 10.9 Å². The van der Waals surface area contributed by atoms with E-state index in [0.29, 0.717) is 12.5 Å². The molecule has 0 bridgehead atoms. The highest BCUT2D eigenvalue weighted by molar-refractivity contribution is 7.89. The van der Waals surface area contributed by atoms with Crippen molar-refractivity contribution < 1.29 is 8.42 Å². The maximum atomic E-state index is 12.4. The number of nitrogens with zero attached hydrogens (tertiary/aromatic N) is 2. The number of guanidine groups is 1. The summed E-state index contributed by atoms with van der Waals surface area (Å²) in [6, 6.07) is 16.1. The molecular weight excluding hydrogens is 336 g/mol. The van der Waals surface area contributed by atoms with E-state index in [0.717, 1.165) is 11.3 Å². The van der Waals surface area contributed by atoms with Crippen LogP contribution in [0.3, 0.4) is 0 Å². The molecule has 0 radical (unpaired) electrons. The highest BCUT2D eigenvalue weighted by atomic mass is 32.2. The standard InChI is InChI=1S/C18H24N4O2S/c1-14(2)22(3)25(23,24)17-11-9-15(10-12-17)13-20-18(19)21-16-7-5-4-6-8-16/h4-12,14H,13H2,1-3H3,(H3,19,20,21). The first-order valence-corrected chi connectivity index (χ1v) is 9.43. The lowest BCUT2D eigenvalue weighted by Crippen LogP contribution is -2.33. The Kier molecular flexibility index (Phi) is 6.17.